The van der Waals surface area contributed by atoms with Gasteiger partial charge in [-0.15, -0.1) is 0 Å². The Kier molecular flexibility index (Phi) is 6.86. The number of ether oxygens (including phenoxy) is 1. The van der Waals surface area contributed by atoms with Gasteiger partial charge >= 0.3 is 0 Å². The molecule has 0 atom stereocenters. The summed E-state index contributed by atoms with van der Waals surface area (Å²) in [6, 6.07) is 13.4. The molecule has 0 aliphatic heterocycles. The molecule has 0 fully saturated rings. The van der Waals surface area contributed by atoms with Crippen LogP contribution >= 0.6 is 0 Å². The molecular formula is C21H27NO2. The Balaban J connectivity index is 1.90. The van der Waals surface area contributed by atoms with Crippen molar-refractivity contribution in [1.82, 2.24) is 0 Å². The highest BCUT2D eigenvalue weighted by atomic mass is 16.5. The molecule has 0 heterocycles. The molecule has 0 aliphatic rings. The van der Waals surface area contributed by atoms with Gasteiger partial charge in [0, 0.05) is 11.3 Å². The zero-order chi connectivity index (χ0) is 17.4. The number of unbranched alkanes of at least 4 members (excludes halogenated alkanes) is 3. The van der Waals surface area contributed by atoms with Gasteiger partial charge in [-0.2, -0.15) is 0 Å². The van der Waals surface area contributed by atoms with Crippen molar-refractivity contribution in [2.75, 3.05) is 11.9 Å². The Bertz CT molecular complexity index is 662. The number of benzene rings is 2. The first-order valence-electron chi connectivity index (χ1n) is 8.71. The first-order chi connectivity index (χ1) is 11.6. The lowest BCUT2D eigenvalue weighted by Crippen LogP contribution is -2.12. The van der Waals surface area contributed by atoms with Gasteiger partial charge in [0.1, 0.15) is 5.75 Å². The minimum atomic E-state index is -0.0989. The summed E-state index contributed by atoms with van der Waals surface area (Å²) >= 11 is 0. The van der Waals surface area contributed by atoms with E-state index in [0.29, 0.717) is 5.56 Å². The maximum absolute atomic E-state index is 12.4. The Morgan fingerprint density at radius 1 is 1.00 bits per heavy atom. The summed E-state index contributed by atoms with van der Waals surface area (Å²) in [5.41, 5.74) is 3.68. The van der Waals surface area contributed by atoms with Crippen LogP contribution in [0.5, 0.6) is 5.75 Å². The molecule has 2 aromatic rings. The van der Waals surface area contributed by atoms with Crippen LogP contribution in [0.15, 0.2) is 42.5 Å². The van der Waals surface area contributed by atoms with Crippen molar-refractivity contribution in [3.05, 3.63) is 59.2 Å². The molecule has 1 N–H and O–H groups in total. The number of hydrogen-bond acceptors (Lipinski definition) is 2. The molecule has 1 amide bonds. The highest BCUT2D eigenvalue weighted by molar-refractivity contribution is 6.04. The van der Waals surface area contributed by atoms with Gasteiger partial charge in [-0.25, -0.2) is 0 Å². The summed E-state index contributed by atoms with van der Waals surface area (Å²) in [4.78, 5) is 12.4. The van der Waals surface area contributed by atoms with Crippen LogP contribution < -0.4 is 10.1 Å². The van der Waals surface area contributed by atoms with Crippen molar-refractivity contribution < 1.29 is 9.53 Å². The lowest BCUT2D eigenvalue weighted by atomic mass is 10.1. The molecular weight excluding hydrogens is 298 g/mol. The van der Waals surface area contributed by atoms with E-state index < -0.39 is 0 Å². The summed E-state index contributed by atoms with van der Waals surface area (Å²) < 4.78 is 5.71. The predicted octanol–water partition coefficient (Wildman–Crippen LogP) is 5.51. The fraction of sp³-hybridized carbons (Fsp3) is 0.381. The summed E-state index contributed by atoms with van der Waals surface area (Å²) in [6.45, 7) is 6.93. The summed E-state index contributed by atoms with van der Waals surface area (Å²) in [6.07, 6.45) is 4.75. The van der Waals surface area contributed by atoms with E-state index in [-0.39, 0.29) is 5.91 Å². The predicted molar refractivity (Wildman–Crippen MR) is 99.9 cm³/mol. The fourth-order valence-electron chi connectivity index (χ4n) is 2.49. The zero-order valence-electron chi connectivity index (χ0n) is 14.9. The Morgan fingerprint density at radius 2 is 1.75 bits per heavy atom. The van der Waals surface area contributed by atoms with Gasteiger partial charge in [-0.1, -0.05) is 38.3 Å². The van der Waals surface area contributed by atoms with E-state index in [0.717, 1.165) is 35.6 Å². The molecule has 0 spiro atoms. The van der Waals surface area contributed by atoms with Crippen LogP contribution in [-0.2, 0) is 0 Å². The zero-order valence-corrected chi connectivity index (χ0v) is 14.9. The maximum Gasteiger partial charge on any atom is 0.255 e. The average molecular weight is 325 g/mol. The van der Waals surface area contributed by atoms with Crippen LogP contribution in [0.4, 0.5) is 5.69 Å². The Labute approximate surface area is 145 Å². The molecule has 2 rings (SSSR count). The van der Waals surface area contributed by atoms with Crippen LogP contribution in [0.3, 0.4) is 0 Å². The number of hydrogen-bond donors (Lipinski definition) is 1. The Morgan fingerprint density at radius 3 is 2.46 bits per heavy atom. The van der Waals surface area contributed by atoms with E-state index in [9.17, 15) is 4.79 Å². The fourth-order valence-corrected chi connectivity index (χ4v) is 2.49. The van der Waals surface area contributed by atoms with E-state index in [1.807, 2.05) is 56.3 Å². The van der Waals surface area contributed by atoms with E-state index in [1.54, 1.807) is 0 Å². The topological polar surface area (TPSA) is 38.3 Å². The molecule has 0 saturated heterocycles. The lowest BCUT2D eigenvalue weighted by Gasteiger charge is -2.10. The third kappa shape index (κ3) is 5.41. The van der Waals surface area contributed by atoms with Crippen molar-refractivity contribution in [3.63, 3.8) is 0 Å². The molecule has 3 nitrogen and oxygen atoms in total. The highest BCUT2D eigenvalue weighted by Gasteiger charge is 2.08. The first-order valence-corrected chi connectivity index (χ1v) is 8.71. The van der Waals surface area contributed by atoms with Crippen LogP contribution in [0.2, 0.25) is 0 Å². The number of aryl methyl sites for hydroxylation is 2. The number of amides is 1. The largest absolute Gasteiger partial charge is 0.494 e. The van der Waals surface area contributed by atoms with Gasteiger partial charge < -0.3 is 10.1 Å². The Hall–Kier alpha value is -2.29. The second kappa shape index (κ2) is 9.11. The number of nitrogens with one attached hydrogen (secondary N) is 1. The van der Waals surface area contributed by atoms with E-state index >= 15 is 0 Å². The molecule has 0 aromatic heterocycles. The molecule has 0 bridgehead atoms. The van der Waals surface area contributed by atoms with Crippen LogP contribution in [-0.4, -0.2) is 12.5 Å². The standard InChI is InChI=1S/C21H27NO2/c1-4-5-6-7-14-24-19-12-10-18(11-13-19)21(23)22-20-15-16(2)8-9-17(20)3/h8-13,15H,4-7,14H2,1-3H3,(H,22,23). The minimum Gasteiger partial charge on any atom is -0.494 e. The van der Waals surface area contributed by atoms with Crippen molar-refractivity contribution in [3.8, 4) is 5.75 Å². The van der Waals surface area contributed by atoms with Crippen LogP contribution in [0.25, 0.3) is 0 Å². The second-order valence-corrected chi connectivity index (χ2v) is 6.21. The summed E-state index contributed by atoms with van der Waals surface area (Å²) in [5, 5.41) is 2.97. The second-order valence-electron chi connectivity index (χ2n) is 6.21. The first kappa shape index (κ1) is 18.1. The van der Waals surface area contributed by atoms with E-state index in [1.165, 1.54) is 19.3 Å². The van der Waals surface area contributed by atoms with Gasteiger partial charge in [-0.3, -0.25) is 4.79 Å². The SMILES string of the molecule is CCCCCCOc1ccc(C(=O)Nc2cc(C)ccc2C)cc1. The molecule has 2 aromatic carbocycles. The normalized spacial score (nSPS) is 10.5. The number of rotatable bonds is 8. The molecule has 0 unspecified atom stereocenters. The molecule has 24 heavy (non-hydrogen) atoms. The third-order valence-electron chi connectivity index (χ3n) is 4.02. The smallest absolute Gasteiger partial charge is 0.255 e. The molecule has 3 heteroatoms. The van der Waals surface area contributed by atoms with Crippen molar-refractivity contribution in [2.24, 2.45) is 0 Å². The van der Waals surface area contributed by atoms with E-state index in [4.69, 9.17) is 4.74 Å². The molecule has 0 aliphatic carbocycles. The summed E-state index contributed by atoms with van der Waals surface area (Å²) in [7, 11) is 0. The van der Waals surface area contributed by atoms with Crippen molar-refractivity contribution in [2.45, 2.75) is 46.5 Å². The van der Waals surface area contributed by atoms with Gasteiger partial charge in [0.25, 0.3) is 5.91 Å². The quantitative estimate of drug-likeness (QED) is 0.649. The van der Waals surface area contributed by atoms with Gasteiger partial charge in [0.15, 0.2) is 0 Å². The monoisotopic (exact) mass is 325 g/mol. The number of carbonyl (C=O) groups is 1. The number of anilines is 1. The molecule has 0 saturated carbocycles. The van der Waals surface area contributed by atoms with Gasteiger partial charge in [0.05, 0.1) is 6.61 Å². The number of carbonyl (C=O) groups excluding carboxylic acids is 1. The third-order valence-corrected chi connectivity index (χ3v) is 4.02. The average Bonchev–Trinajstić information content (AvgIpc) is 2.58. The minimum absolute atomic E-state index is 0.0989. The summed E-state index contributed by atoms with van der Waals surface area (Å²) in [5.74, 6) is 0.716. The molecule has 128 valence electrons. The van der Waals surface area contributed by atoms with E-state index in [2.05, 4.69) is 12.2 Å². The van der Waals surface area contributed by atoms with Gasteiger partial charge in [0.2, 0.25) is 0 Å². The van der Waals surface area contributed by atoms with Crippen molar-refractivity contribution >= 4 is 11.6 Å². The van der Waals surface area contributed by atoms with Crippen LogP contribution in [0.1, 0.15) is 54.1 Å². The van der Waals surface area contributed by atoms with Crippen molar-refractivity contribution in [1.29, 1.82) is 0 Å². The highest BCUT2D eigenvalue weighted by Crippen LogP contribution is 2.19. The molecule has 0 radical (unpaired) electrons. The lowest BCUT2D eigenvalue weighted by molar-refractivity contribution is 0.102. The maximum atomic E-state index is 12.4. The van der Waals surface area contributed by atoms with Crippen LogP contribution in [0, 0.1) is 13.8 Å². The van der Waals surface area contributed by atoms with Gasteiger partial charge in [-0.05, 0) is 61.7 Å².